The number of amides is 1. The number of hydrogen-bond acceptors (Lipinski definition) is 3. The zero-order valence-corrected chi connectivity index (χ0v) is 12.2. The van der Waals surface area contributed by atoms with E-state index in [1.807, 2.05) is 25.8 Å². The molecule has 0 aromatic rings. The van der Waals surface area contributed by atoms with Gasteiger partial charge >= 0.3 is 5.97 Å². The molecule has 1 saturated heterocycles. The van der Waals surface area contributed by atoms with Gasteiger partial charge in [0.25, 0.3) is 0 Å². The first-order valence-corrected chi connectivity index (χ1v) is 6.98. The van der Waals surface area contributed by atoms with Gasteiger partial charge in [0, 0.05) is 19.5 Å². The molecule has 1 fully saturated rings. The molecular formula is C14H26N2O3. The van der Waals surface area contributed by atoms with E-state index in [1.54, 1.807) is 0 Å². The molecule has 19 heavy (non-hydrogen) atoms. The fourth-order valence-corrected chi connectivity index (χ4v) is 2.74. The summed E-state index contributed by atoms with van der Waals surface area (Å²) < 4.78 is 0. The quantitative estimate of drug-likeness (QED) is 0.764. The van der Waals surface area contributed by atoms with E-state index in [2.05, 4.69) is 5.32 Å². The fourth-order valence-electron chi connectivity index (χ4n) is 2.74. The van der Waals surface area contributed by atoms with Crippen LogP contribution in [0.5, 0.6) is 0 Å². The molecule has 0 saturated carbocycles. The molecule has 1 heterocycles. The Labute approximate surface area is 115 Å². The third kappa shape index (κ3) is 5.59. The first-order valence-electron chi connectivity index (χ1n) is 6.98. The van der Waals surface area contributed by atoms with Crippen LogP contribution in [0, 0.1) is 11.3 Å². The minimum Gasteiger partial charge on any atom is -0.481 e. The Kier molecular flexibility index (Phi) is 5.79. The summed E-state index contributed by atoms with van der Waals surface area (Å²) in [5.74, 6) is -0.234. The fraction of sp³-hybridized carbons (Fsp3) is 0.857. The van der Waals surface area contributed by atoms with E-state index in [1.165, 1.54) is 0 Å². The van der Waals surface area contributed by atoms with Crippen LogP contribution >= 0.6 is 0 Å². The van der Waals surface area contributed by atoms with Gasteiger partial charge in [0.05, 0.1) is 6.42 Å². The molecular weight excluding hydrogens is 244 g/mol. The standard InChI is InChI=1S/C14H26N2O3/c1-14(2,8-13(18)19)7-12(17)16-6-4-5-11(10-16)9-15-3/h11,15H,4-10H2,1-3H3,(H,18,19). The van der Waals surface area contributed by atoms with Crippen molar-refractivity contribution in [2.45, 2.75) is 39.5 Å². The SMILES string of the molecule is CNCC1CCCN(C(=O)CC(C)(C)CC(=O)O)C1. The third-order valence-electron chi connectivity index (χ3n) is 3.62. The van der Waals surface area contributed by atoms with Gasteiger partial charge in [-0.3, -0.25) is 9.59 Å². The summed E-state index contributed by atoms with van der Waals surface area (Å²) in [5, 5.41) is 12.0. The van der Waals surface area contributed by atoms with E-state index in [0.717, 1.165) is 32.5 Å². The molecule has 1 aliphatic heterocycles. The smallest absolute Gasteiger partial charge is 0.303 e. The molecule has 1 rings (SSSR count). The van der Waals surface area contributed by atoms with E-state index in [4.69, 9.17) is 5.11 Å². The Morgan fingerprint density at radius 3 is 2.63 bits per heavy atom. The number of likely N-dealkylation sites (tertiary alicyclic amines) is 1. The van der Waals surface area contributed by atoms with Gasteiger partial charge in [0.1, 0.15) is 0 Å². The summed E-state index contributed by atoms with van der Waals surface area (Å²) in [6, 6.07) is 0. The molecule has 1 unspecified atom stereocenters. The van der Waals surface area contributed by atoms with Gasteiger partial charge in [0.2, 0.25) is 5.91 Å². The maximum absolute atomic E-state index is 12.3. The molecule has 2 N–H and O–H groups in total. The number of hydrogen-bond donors (Lipinski definition) is 2. The lowest BCUT2D eigenvalue weighted by atomic mass is 9.84. The second kappa shape index (κ2) is 6.89. The summed E-state index contributed by atoms with van der Waals surface area (Å²) in [6.07, 6.45) is 2.54. The van der Waals surface area contributed by atoms with Crippen LogP contribution < -0.4 is 5.32 Å². The van der Waals surface area contributed by atoms with E-state index >= 15 is 0 Å². The van der Waals surface area contributed by atoms with Crippen LogP contribution in [0.2, 0.25) is 0 Å². The third-order valence-corrected chi connectivity index (χ3v) is 3.62. The van der Waals surface area contributed by atoms with Crippen molar-refractivity contribution < 1.29 is 14.7 Å². The molecule has 0 bridgehead atoms. The summed E-state index contributed by atoms with van der Waals surface area (Å²) in [6.45, 7) is 6.22. The highest BCUT2D eigenvalue weighted by Gasteiger charge is 2.30. The van der Waals surface area contributed by atoms with Crippen molar-refractivity contribution in [3.63, 3.8) is 0 Å². The number of carbonyl (C=O) groups is 2. The zero-order chi connectivity index (χ0) is 14.5. The van der Waals surface area contributed by atoms with Crippen molar-refractivity contribution in [2.24, 2.45) is 11.3 Å². The molecule has 0 radical (unpaired) electrons. The molecule has 5 nitrogen and oxygen atoms in total. The van der Waals surface area contributed by atoms with Crippen molar-refractivity contribution in [2.75, 3.05) is 26.7 Å². The van der Waals surface area contributed by atoms with E-state index in [0.29, 0.717) is 12.3 Å². The minimum atomic E-state index is -0.843. The van der Waals surface area contributed by atoms with Crippen molar-refractivity contribution in [1.29, 1.82) is 0 Å². The summed E-state index contributed by atoms with van der Waals surface area (Å²) in [5.41, 5.74) is -0.473. The summed E-state index contributed by atoms with van der Waals surface area (Å²) in [4.78, 5) is 24.9. The van der Waals surface area contributed by atoms with E-state index in [9.17, 15) is 9.59 Å². The molecule has 0 aromatic heterocycles. The van der Waals surface area contributed by atoms with Crippen LogP contribution in [0.15, 0.2) is 0 Å². The molecule has 0 aromatic carbocycles. The number of piperidine rings is 1. The molecule has 0 aliphatic carbocycles. The number of nitrogens with one attached hydrogen (secondary N) is 1. The van der Waals surface area contributed by atoms with Crippen molar-refractivity contribution >= 4 is 11.9 Å². The number of rotatable bonds is 6. The van der Waals surface area contributed by atoms with Gasteiger partial charge in [0.15, 0.2) is 0 Å². The highest BCUT2D eigenvalue weighted by Crippen LogP contribution is 2.27. The van der Waals surface area contributed by atoms with E-state index < -0.39 is 11.4 Å². The van der Waals surface area contributed by atoms with Gasteiger partial charge in [-0.1, -0.05) is 13.8 Å². The first kappa shape index (κ1) is 16.0. The highest BCUT2D eigenvalue weighted by atomic mass is 16.4. The minimum absolute atomic E-state index is 0.0343. The zero-order valence-electron chi connectivity index (χ0n) is 12.2. The highest BCUT2D eigenvalue weighted by molar-refractivity contribution is 5.78. The van der Waals surface area contributed by atoms with Crippen LogP contribution in [0.25, 0.3) is 0 Å². The predicted molar refractivity (Wildman–Crippen MR) is 73.9 cm³/mol. The molecule has 1 amide bonds. The number of carboxylic acid groups (broad SMARTS) is 1. The second-order valence-corrected chi connectivity index (χ2v) is 6.32. The average molecular weight is 270 g/mol. The number of carboxylic acids is 1. The lowest BCUT2D eigenvalue weighted by molar-refractivity contribution is -0.141. The largest absolute Gasteiger partial charge is 0.481 e. The van der Waals surface area contributed by atoms with Crippen LogP contribution in [0.3, 0.4) is 0 Å². The maximum atomic E-state index is 12.3. The number of aliphatic carboxylic acids is 1. The van der Waals surface area contributed by atoms with Gasteiger partial charge in [-0.05, 0) is 37.8 Å². The number of carbonyl (C=O) groups excluding carboxylic acids is 1. The van der Waals surface area contributed by atoms with Gasteiger partial charge in [-0.15, -0.1) is 0 Å². The van der Waals surface area contributed by atoms with Crippen molar-refractivity contribution in [3.8, 4) is 0 Å². The normalized spacial score (nSPS) is 20.4. The molecule has 1 aliphatic rings. The molecule has 0 spiro atoms. The van der Waals surface area contributed by atoms with Gasteiger partial charge < -0.3 is 15.3 Å². The van der Waals surface area contributed by atoms with Crippen LogP contribution in [-0.4, -0.2) is 48.6 Å². The first-order chi connectivity index (χ1) is 8.84. The van der Waals surface area contributed by atoms with Crippen molar-refractivity contribution in [1.82, 2.24) is 10.2 Å². The summed E-state index contributed by atoms with van der Waals surface area (Å²) >= 11 is 0. The number of nitrogens with zero attached hydrogens (tertiary/aromatic N) is 1. The molecule has 110 valence electrons. The van der Waals surface area contributed by atoms with Crippen molar-refractivity contribution in [3.05, 3.63) is 0 Å². The Morgan fingerprint density at radius 1 is 1.37 bits per heavy atom. The lowest BCUT2D eigenvalue weighted by Gasteiger charge is -2.34. The monoisotopic (exact) mass is 270 g/mol. The van der Waals surface area contributed by atoms with Crippen LogP contribution in [-0.2, 0) is 9.59 Å². The Morgan fingerprint density at radius 2 is 2.05 bits per heavy atom. The van der Waals surface area contributed by atoms with E-state index in [-0.39, 0.29) is 12.3 Å². The Hall–Kier alpha value is -1.10. The molecule has 5 heteroatoms. The Balaban J connectivity index is 2.50. The maximum Gasteiger partial charge on any atom is 0.303 e. The van der Waals surface area contributed by atoms with Gasteiger partial charge in [-0.25, -0.2) is 0 Å². The lowest BCUT2D eigenvalue weighted by Crippen LogP contribution is -2.43. The summed E-state index contributed by atoms with van der Waals surface area (Å²) in [7, 11) is 1.93. The molecule has 1 atom stereocenters. The average Bonchev–Trinajstić information content (AvgIpc) is 2.27. The predicted octanol–water partition coefficient (Wildman–Crippen LogP) is 1.34. The van der Waals surface area contributed by atoms with Crippen LogP contribution in [0.1, 0.15) is 39.5 Å². The Bertz CT molecular complexity index is 327. The topological polar surface area (TPSA) is 69.6 Å². The van der Waals surface area contributed by atoms with Crippen LogP contribution in [0.4, 0.5) is 0 Å². The second-order valence-electron chi connectivity index (χ2n) is 6.32. The van der Waals surface area contributed by atoms with Gasteiger partial charge in [-0.2, -0.15) is 0 Å².